The van der Waals surface area contributed by atoms with Crippen molar-refractivity contribution in [3.8, 4) is 5.75 Å². The van der Waals surface area contributed by atoms with E-state index in [9.17, 15) is 33.0 Å². The Hall–Kier alpha value is -4.41. The number of nitrogens with zero attached hydrogens (tertiary/aromatic N) is 3. The minimum atomic E-state index is -4.52. The number of alkyl halides is 3. The van der Waals surface area contributed by atoms with E-state index in [1.165, 1.54) is 25.1 Å². The van der Waals surface area contributed by atoms with E-state index in [0.717, 1.165) is 29.3 Å². The van der Waals surface area contributed by atoms with Crippen LogP contribution in [0.1, 0.15) is 24.5 Å². The van der Waals surface area contributed by atoms with Gasteiger partial charge in [0.25, 0.3) is 0 Å². The van der Waals surface area contributed by atoms with E-state index >= 15 is 0 Å². The minimum absolute atomic E-state index is 0.0132. The van der Waals surface area contributed by atoms with Crippen molar-refractivity contribution in [3.05, 3.63) is 77.9 Å². The Morgan fingerprint density at radius 1 is 1.17 bits per heavy atom. The van der Waals surface area contributed by atoms with Crippen molar-refractivity contribution in [2.24, 2.45) is 10.2 Å². The molecule has 11 heteroatoms. The van der Waals surface area contributed by atoms with Gasteiger partial charge in [0.2, 0.25) is 0 Å². The largest absolute Gasteiger partial charge is 0.507 e. The molecule has 0 saturated heterocycles. The highest BCUT2D eigenvalue weighted by molar-refractivity contribution is 6.71. The standard InChI is InChI=1S/C24H19F3N4O4/c1-14-20(21(33)31(29-14)17-10-8-16(9-11-17)24(25,26)27)28-30-23(22(34)35)12-4-5-15(13-23)18-6-2-3-7-19(18)32/h2-12,30,32H,13H2,1H3,(H,34,35). The first-order chi connectivity index (χ1) is 16.5. The van der Waals surface area contributed by atoms with Crippen molar-refractivity contribution >= 4 is 34.6 Å². The molecule has 1 unspecified atom stereocenters. The van der Waals surface area contributed by atoms with Gasteiger partial charge < -0.3 is 10.2 Å². The number of hydrogen-bond donors (Lipinski definition) is 3. The zero-order valence-corrected chi connectivity index (χ0v) is 18.2. The van der Waals surface area contributed by atoms with Gasteiger partial charge in [0.05, 0.1) is 17.0 Å². The number of carboxylic acids is 1. The molecule has 2 aromatic rings. The highest BCUT2D eigenvalue weighted by Crippen LogP contribution is 2.35. The van der Waals surface area contributed by atoms with E-state index < -0.39 is 29.2 Å². The predicted octanol–water partition coefficient (Wildman–Crippen LogP) is 3.95. The number of allylic oxidation sites excluding steroid dienone is 2. The van der Waals surface area contributed by atoms with Crippen molar-refractivity contribution in [1.29, 1.82) is 0 Å². The van der Waals surface area contributed by atoms with E-state index in [4.69, 9.17) is 0 Å². The van der Waals surface area contributed by atoms with Crippen molar-refractivity contribution in [1.82, 2.24) is 5.43 Å². The van der Waals surface area contributed by atoms with Crippen LogP contribution in [-0.4, -0.2) is 39.1 Å². The number of nitrogens with one attached hydrogen (secondary N) is 1. The number of amides is 1. The number of phenolic OH excluding ortho intramolecular Hbond substituents is 1. The van der Waals surface area contributed by atoms with Gasteiger partial charge in [-0.1, -0.05) is 30.4 Å². The molecule has 8 nitrogen and oxygen atoms in total. The molecule has 180 valence electrons. The summed E-state index contributed by atoms with van der Waals surface area (Å²) in [5.41, 5.74) is 1.03. The van der Waals surface area contributed by atoms with Gasteiger partial charge in [0, 0.05) is 12.0 Å². The molecule has 0 radical (unpaired) electrons. The number of para-hydroxylation sites is 1. The lowest BCUT2D eigenvalue weighted by atomic mass is 9.84. The van der Waals surface area contributed by atoms with Crippen LogP contribution >= 0.6 is 0 Å². The molecule has 1 aliphatic heterocycles. The summed E-state index contributed by atoms with van der Waals surface area (Å²) in [5.74, 6) is -2.01. The molecule has 1 heterocycles. The molecule has 1 atom stereocenters. The quantitative estimate of drug-likeness (QED) is 0.556. The molecule has 1 amide bonds. The normalized spacial score (nSPS) is 21.2. The lowest BCUT2D eigenvalue weighted by molar-refractivity contribution is -0.142. The number of carbonyl (C=O) groups is 2. The number of rotatable bonds is 5. The molecule has 0 spiro atoms. The Morgan fingerprint density at radius 3 is 2.49 bits per heavy atom. The molecule has 3 N–H and O–H groups in total. The maximum absolute atomic E-state index is 12.9. The van der Waals surface area contributed by atoms with Crippen molar-refractivity contribution in [2.75, 3.05) is 5.01 Å². The van der Waals surface area contributed by atoms with E-state index in [2.05, 4.69) is 15.6 Å². The van der Waals surface area contributed by atoms with Gasteiger partial charge in [0.15, 0.2) is 11.3 Å². The average molecular weight is 484 g/mol. The number of halogens is 3. The number of phenols is 1. The van der Waals surface area contributed by atoms with Crippen LogP contribution in [0, 0.1) is 0 Å². The fraction of sp³-hybridized carbons (Fsp3) is 0.167. The summed E-state index contributed by atoms with van der Waals surface area (Å²) >= 11 is 0. The van der Waals surface area contributed by atoms with Gasteiger partial charge in [-0.05, 0) is 48.9 Å². The second-order valence-electron chi connectivity index (χ2n) is 7.94. The highest BCUT2D eigenvalue weighted by Gasteiger charge is 2.40. The zero-order chi connectivity index (χ0) is 25.4. The van der Waals surface area contributed by atoms with Crippen LogP contribution in [0.5, 0.6) is 5.75 Å². The number of benzene rings is 2. The molecule has 0 saturated carbocycles. The maximum atomic E-state index is 12.9. The lowest BCUT2D eigenvalue weighted by Gasteiger charge is -2.29. The molecule has 0 bridgehead atoms. The van der Waals surface area contributed by atoms with E-state index in [-0.39, 0.29) is 29.3 Å². The van der Waals surface area contributed by atoms with E-state index in [1.807, 2.05) is 0 Å². The highest BCUT2D eigenvalue weighted by atomic mass is 19.4. The number of hydrazone groups is 2. The molecule has 4 rings (SSSR count). The van der Waals surface area contributed by atoms with Gasteiger partial charge in [0.1, 0.15) is 5.75 Å². The molecule has 2 aliphatic rings. The minimum Gasteiger partial charge on any atom is -0.507 e. The molecule has 2 aromatic carbocycles. The Morgan fingerprint density at radius 2 is 1.86 bits per heavy atom. The number of carboxylic acid groups (broad SMARTS) is 1. The third kappa shape index (κ3) is 4.52. The van der Waals surface area contributed by atoms with Crippen molar-refractivity contribution < 1.29 is 33.0 Å². The summed E-state index contributed by atoms with van der Waals surface area (Å²) in [6, 6.07) is 10.4. The van der Waals surface area contributed by atoms with Crippen LogP contribution in [0.3, 0.4) is 0 Å². The van der Waals surface area contributed by atoms with Crippen molar-refractivity contribution in [2.45, 2.75) is 25.1 Å². The third-order valence-electron chi connectivity index (χ3n) is 5.57. The summed E-state index contributed by atoms with van der Waals surface area (Å²) < 4.78 is 38.5. The SMILES string of the molecule is CC1=NN(c2ccc(C(F)(F)F)cc2)C(=O)C1=NNC1(C(=O)O)C=CC=C(c2ccccc2O)C1. The Bertz CT molecular complexity index is 1310. The van der Waals surface area contributed by atoms with E-state index in [0.29, 0.717) is 11.1 Å². The van der Waals surface area contributed by atoms with Gasteiger partial charge >= 0.3 is 18.1 Å². The Balaban J connectivity index is 1.57. The number of hydrogen-bond acceptors (Lipinski definition) is 6. The second kappa shape index (κ2) is 8.75. The summed E-state index contributed by atoms with van der Waals surface area (Å²) in [4.78, 5) is 25.1. The first kappa shape index (κ1) is 23.7. The summed E-state index contributed by atoms with van der Waals surface area (Å²) in [7, 11) is 0. The topological polar surface area (TPSA) is 115 Å². The number of aliphatic carboxylic acids is 1. The molecule has 0 fully saturated rings. The Labute approximate surface area is 197 Å². The summed E-state index contributed by atoms with van der Waals surface area (Å²) in [6.07, 6.45) is -0.0439. The first-order valence-corrected chi connectivity index (χ1v) is 10.3. The maximum Gasteiger partial charge on any atom is 0.416 e. The average Bonchev–Trinajstić information content (AvgIpc) is 3.10. The fourth-order valence-electron chi connectivity index (χ4n) is 3.70. The van der Waals surface area contributed by atoms with Crippen LogP contribution in [0.25, 0.3) is 5.57 Å². The molecule has 1 aliphatic carbocycles. The van der Waals surface area contributed by atoms with Gasteiger partial charge in [-0.25, -0.2) is 4.79 Å². The molecule has 0 aromatic heterocycles. The van der Waals surface area contributed by atoms with Gasteiger partial charge in [-0.3, -0.25) is 10.2 Å². The number of anilines is 1. The monoisotopic (exact) mass is 484 g/mol. The van der Waals surface area contributed by atoms with Gasteiger partial charge in [-0.2, -0.15) is 28.4 Å². The lowest BCUT2D eigenvalue weighted by Crippen LogP contribution is -2.50. The summed E-state index contributed by atoms with van der Waals surface area (Å²) in [6.45, 7) is 1.47. The van der Waals surface area contributed by atoms with Crippen LogP contribution in [0.15, 0.2) is 77.0 Å². The fourth-order valence-corrected chi connectivity index (χ4v) is 3.70. The summed E-state index contributed by atoms with van der Waals surface area (Å²) in [5, 5.41) is 29.1. The van der Waals surface area contributed by atoms with E-state index in [1.54, 1.807) is 24.3 Å². The smallest absolute Gasteiger partial charge is 0.416 e. The molecule has 35 heavy (non-hydrogen) atoms. The van der Waals surface area contributed by atoms with Crippen LogP contribution in [-0.2, 0) is 15.8 Å². The first-order valence-electron chi connectivity index (χ1n) is 10.3. The molecular formula is C24H19F3N4O4. The third-order valence-corrected chi connectivity index (χ3v) is 5.57. The number of aromatic hydroxyl groups is 1. The predicted molar refractivity (Wildman–Crippen MR) is 123 cm³/mol. The Kier molecular flexibility index (Phi) is 5.93. The van der Waals surface area contributed by atoms with Crippen LogP contribution < -0.4 is 10.4 Å². The number of carbonyl (C=O) groups excluding carboxylic acids is 1. The van der Waals surface area contributed by atoms with Crippen molar-refractivity contribution in [3.63, 3.8) is 0 Å². The van der Waals surface area contributed by atoms with Gasteiger partial charge in [-0.15, -0.1) is 0 Å². The zero-order valence-electron chi connectivity index (χ0n) is 18.2. The van der Waals surface area contributed by atoms with Crippen LogP contribution in [0.2, 0.25) is 0 Å². The van der Waals surface area contributed by atoms with Crippen LogP contribution in [0.4, 0.5) is 18.9 Å². The second-order valence-corrected chi connectivity index (χ2v) is 7.94. The molecular weight excluding hydrogens is 465 g/mol.